The van der Waals surface area contributed by atoms with Gasteiger partial charge in [0.2, 0.25) is 5.91 Å². The highest BCUT2D eigenvalue weighted by Gasteiger charge is 2.32. The van der Waals surface area contributed by atoms with Crippen LogP contribution in [0.15, 0.2) is 16.8 Å². The lowest BCUT2D eigenvalue weighted by atomic mass is 10.3. The molecular formula is C13H19NO2S. The van der Waals surface area contributed by atoms with Gasteiger partial charge in [0.15, 0.2) is 0 Å². The van der Waals surface area contributed by atoms with E-state index < -0.39 is 0 Å². The van der Waals surface area contributed by atoms with Crippen molar-refractivity contribution in [3.8, 4) is 0 Å². The second-order valence-electron chi connectivity index (χ2n) is 4.74. The summed E-state index contributed by atoms with van der Waals surface area (Å²) in [5.41, 5.74) is 1.22. The van der Waals surface area contributed by atoms with Crippen molar-refractivity contribution in [3.63, 3.8) is 0 Å². The molecular weight excluding hydrogens is 234 g/mol. The summed E-state index contributed by atoms with van der Waals surface area (Å²) in [4.78, 5) is 14.0. The molecule has 0 unspecified atom stereocenters. The third kappa shape index (κ3) is 3.82. The van der Waals surface area contributed by atoms with Crippen LogP contribution in [0.1, 0.15) is 32.3 Å². The summed E-state index contributed by atoms with van der Waals surface area (Å²) in [5.74, 6) is 0.118. The van der Waals surface area contributed by atoms with Gasteiger partial charge in [-0.2, -0.15) is 11.3 Å². The maximum Gasteiger partial charge on any atom is 0.249 e. The average molecular weight is 253 g/mol. The highest BCUT2D eigenvalue weighted by Crippen LogP contribution is 2.28. The van der Waals surface area contributed by atoms with E-state index in [-0.39, 0.29) is 18.6 Å². The van der Waals surface area contributed by atoms with Crippen LogP contribution in [-0.4, -0.2) is 29.6 Å². The van der Waals surface area contributed by atoms with Crippen LogP contribution in [0, 0.1) is 0 Å². The predicted molar refractivity (Wildman–Crippen MR) is 69.0 cm³/mol. The third-order valence-electron chi connectivity index (χ3n) is 2.78. The number of carbonyl (C=O) groups excluding carboxylic acids is 1. The zero-order valence-corrected chi connectivity index (χ0v) is 11.2. The first kappa shape index (κ1) is 12.6. The van der Waals surface area contributed by atoms with Gasteiger partial charge in [-0.3, -0.25) is 4.79 Å². The molecule has 94 valence electrons. The van der Waals surface area contributed by atoms with Crippen molar-refractivity contribution >= 4 is 17.2 Å². The van der Waals surface area contributed by atoms with Gasteiger partial charge in [-0.15, -0.1) is 0 Å². The first-order valence-electron chi connectivity index (χ1n) is 6.09. The minimum Gasteiger partial charge on any atom is -0.369 e. The monoisotopic (exact) mass is 253 g/mol. The summed E-state index contributed by atoms with van der Waals surface area (Å²) < 4.78 is 5.39. The Kier molecular flexibility index (Phi) is 4.18. The predicted octanol–water partition coefficient (Wildman–Crippen LogP) is 2.66. The van der Waals surface area contributed by atoms with Gasteiger partial charge in [-0.05, 0) is 49.1 Å². The molecule has 0 saturated heterocycles. The SMILES string of the molecule is CC(C)OCC(=O)N(Cc1ccsc1)C1CC1. The highest BCUT2D eigenvalue weighted by molar-refractivity contribution is 7.07. The van der Waals surface area contributed by atoms with Crippen LogP contribution in [0.3, 0.4) is 0 Å². The lowest BCUT2D eigenvalue weighted by Crippen LogP contribution is -2.35. The van der Waals surface area contributed by atoms with E-state index in [0.29, 0.717) is 6.04 Å². The number of hydrogen-bond donors (Lipinski definition) is 0. The molecule has 1 fully saturated rings. The standard InChI is InChI=1S/C13H19NO2S/c1-10(2)16-8-13(15)14(12-3-4-12)7-11-5-6-17-9-11/h5-6,9-10,12H,3-4,7-8H2,1-2H3. The minimum absolute atomic E-state index is 0.112. The Bertz CT molecular complexity index is 358. The molecule has 0 radical (unpaired) electrons. The molecule has 1 heterocycles. The molecule has 0 atom stereocenters. The molecule has 1 aromatic rings. The molecule has 0 aliphatic heterocycles. The number of nitrogens with zero attached hydrogens (tertiary/aromatic N) is 1. The molecule has 1 aliphatic carbocycles. The van der Waals surface area contributed by atoms with E-state index in [1.165, 1.54) is 5.56 Å². The molecule has 0 spiro atoms. The third-order valence-corrected chi connectivity index (χ3v) is 3.51. The average Bonchev–Trinajstić information content (AvgIpc) is 3.00. The highest BCUT2D eigenvalue weighted by atomic mass is 32.1. The van der Waals surface area contributed by atoms with Crippen LogP contribution in [0.25, 0.3) is 0 Å². The van der Waals surface area contributed by atoms with E-state index in [2.05, 4.69) is 16.8 Å². The van der Waals surface area contributed by atoms with Crippen molar-refractivity contribution in [1.82, 2.24) is 4.90 Å². The number of amides is 1. The van der Waals surface area contributed by atoms with Crippen LogP contribution in [0.5, 0.6) is 0 Å². The lowest BCUT2D eigenvalue weighted by Gasteiger charge is -2.22. The van der Waals surface area contributed by atoms with Crippen molar-refractivity contribution < 1.29 is 9.53 Å². The molecule has 0 aromatic carbocycles. The van der Waals surface area contributed by atoms with E-state index in [9.17, 15) is 4.79 Å². The number of carbonyl (C=O) groups is 1. The largest absolute Gasteiger partial charge is 0.369 e. The topological polar surface area (TPSA) is 29.5 Å². The van der Waals surface area contributed by atoms with Crippen LogP contribution in [0.4, 0.5) is 0 Å². The lowest BCUT2D eigenvalue weighted by molar-refractivity contribution is -0.138. The fourth-order valence-electron chi connectivity index (χ4n) is 1.71. The van der Waals surface area contributed by atoms with Crippen molar-refractivity contribution in [2.45, 2.75) is 45.4 Å². The molecule has 1 aliphatic rings. The maximum absolute atomic E-state index is 12.1. The van der Waals surface area contributed by atoms with E-state index in [4.69, 9.17) is 4.74 Å². The fraction of sp³-hybridized carbons (Fsp3) is 0.615. The number of hydrogen-bond acceptors (Lipinski definition) is 3. The van der Waals surface area contributed by atoms with Gasteiger partial charge in [0.05, 0.1) is 6.10 Å². The second kappa shape index (κ2) is 5.65. The van der Waals surface area contributed by atoms with Crippen LogP contribution in [0.2, 0.25) is 0 Å². The van der Waals surface area contributed by atoms with Gasteiger partial charge >= 0.3 is 0 Å². The van der Waals surface area contributed by atoms with E-state index in [0.717, 1.165) is 19.4 Å². The molecule has 1 amide bonds. The zero-order valence-electron chi connectivity index (χ0n) is 10.4. The first-order chi connectivity index (χ1) is 8.16. The Hall–Kier alpha value is -0.870. The number of ether oxygens (including phenoxy) is 1. The Labute approximate surface area is 106 Å². The fourth-order valence-corrected chi connectivity index (χ4v) is 2.37. The van der Waals surface area contributed by atoms with Crippen LogP contribution >= 0.6 is 11.3 Å². The molecule has 17 heavy (non-hydrogen) atoms. The van der Waals surface area contributed by atoms with Gasteiger partial charge < -0.3 is 9.64 Å². The van der Waals surface area contributed by atoms with Gasteiger partial charge in [-0.25, -0.2) is 0 Å². The molecule has 0 bridgehead atoms. The Morgan fingerprint density at radius 2 is 2.35 bits per heavy atom. The minimum atomic E-state index is 0.112. The van der Waals surface area contributed by atoms with E-state index in [1.54, 1.807) is 11.3 Å². The summed E-state index contributed by atoms with van der Waals surface area (Å²) in [5, 5.41) is 4.15. The maximum atomic E-state index is 12.1. The van der Waals surface area contributed by atoms with Crippen molar-refractivity contribution in [3.05, 3.63) is 22.4 Å². The van der Waals surface area contributed by atoms with Crippen molar-refractivity contribution in [2.24, 2.45) is 0 Å². The molecule has 2 rings (SSSR count). The van der Waals surface area contributed by atoms with Crippen molar-refractivity contribution in [1.29, 1.82) is 0 Å². The molecule has 1 saturated carbocycles. The van der Waals surface area contributed by atoms with E-state index in [1.807, 2.05) is 18.7 Å². The van der Waals surface area contributed by atoms with Gasteiger partial charge in [-0.1, -0.05) is 0 Å². The van der Waals surface area contributed by atoms with Gasteiger partial charge in [0.25, 0.3) is 0 Å². The van der Waals surface area contributed by atoms with Crippen LogP contribution < -0.4 is 0 Å². The molecule has 3 nitrogen and oxygen atoms in total. The molecule has 1 aromatic heterocycles. The molecule has 4 heteroatoms. The smallest absolute Gasteiger partial charge is 0.249 e. The zero-order chi connectivity index (χ0) is 12.3. The Morgan fingerprint density at radius 3 is 2.88 bits per heavy atom. The number of thiophene rings is 1. The summed E-state index contributed by atoms with van der Waals surface area (Å²) in [6.45, 7) is 4.84. The molecule has 0 N–H and O–H groups in total. The first-order valence-corrected chi connectivity index (χ1v) is 7.03. The quantitative estimate of drug-likeness (QED) is 0.780. The summed E-state index contributed by atoms with van der Waals surface area (Å²) in [6.07, 6.45) is 2.39. The number of rotatable bonds is 6. The van der Waals surface area contributed by atoms with E-state index >= 15 is 0 Å². The second-order valence-corrected chi connectivity index (χ2v) is 5.52. The summed E-state index contributed by atoms with van der Waals surface area (Å²) >= 11 is 1.67. The van der Waals surface area contributed by atoms with Gasteiger partial charge in [0.1, 0.15) is 6.61 Å². The van der Waals surface area contributed by atoms with Gasteiger partial charge in [0, 0.05) is 12.6 Å². The van der Waals surface area contributed by atoms with Crippen LogP contribution in [-0.2, 0) is 16.1 Å². The van der Waals surface area contributed by atoms with Crippen molar-refractivity contribution in [2.75, 3.05) is 6.61 Å². The normalized spacial score (nSPS) is 15.2. The Morgan fingerprint density at radius 1 is 1.59 bits per heavy atom. The Balaban J connectivity index is 1.90. The summed E-state index contributed by atoms with van der Waals surface area (Å²) in [7, 11) is 0. The summed E-state index contributed by atoms with van der Waals surface area (Å²) in [6, 6.07) is 2.52.